The summed E-state index contributed by atoms with van der Waals surface area (Å²) in [5.74, 6) is 0.978. The first-order valence-corrected chi connectivity index (χ1v) is 11.5. The number of allylic oxidation sites excluding steroid dienone is 3. The Labute approximate surface area is 175 Å². The zero-order valence-corrected chi connectivity index (χ0v) is 18.1. The Balaban J connectivity index is 1.48. The van der Waals surface area contributed by atoms with E-state index in [-0.39, 0.29) is 5.75 Å². The Hall–Kier alpha value is -1.64. The molecule has 3 heteroatoms. The first kappa shape index (κ1) is 22.1. The Morgan fingerprint density at radius 2 is 1.79 bits per heavy atom. The lowest BCUT2D eigenvalue weighted by Crippen LogP contribution is -2.23. The molecule has 1 saturated carbocycles. The van der Waals surface area contributed by atoms with Gasteiger partial charge >= 0.3 is 0 Å². The largest absolute Gasteiger partial charge is 0.462 e. The van der Waals surface area contributed by atoms with E-state index in [0.29, 0.717) is 12.0 Å². The smallest absolute Gasteiger partial charge is 0.201 e. The van der Waals surface area contributed by atoms with E-state index in [1.54, 1.807) is 19.1 Å². The number of rotatable bonds is 8. The molecule has 0 heterocycles. The molecule has 0 bridgehead atoms. The minimum atomic E-state index is -0.892. The van der Waals surface area contributed by atoms with Crippen molar-refractivity contribution in [1.82, 2.24) is 0 Å². The molecule has 0 amide bonds. The molecule has 2 aliphatic carbocycles. The molecule has 2 aliphatic rings. The predicted molar refractivity (Wildman–Crippen MR) is 116 cm³/mol. The SMILES string of the molecule is CC=COc1ccc(CCC2=CCC(C3CCC(CCC)CC3)CC2)c(F)c1F. The number of aryl methyl sites for hydroxylation is 1. The first-order chi connectivity index (χ1) is 14.1. The first-order valence-electron chi connectivity index (χ1n) is 11.5. The van der Waals surface area contributed by atoms with Crippen LogP contribution in [0.15, 0.2) is 36.1 Å². The van der Waals surface area contributed by atoms with E-state index in [0.717, 1.165) is 30.6 Å². The molecule has 1 aromatic rings. The third-order valence-corrected chi connectivity index (χ3v) is 6.97. The monoisotopic (exact) mass is 402 g/mol. The molecule has 1 unspecified atom stereocenters. The van der Waals surface area contributed by atoms with E-state index in [2.05, 4.69) is 13.0 Å². The van der Waals surface area contributed by atoms with E-state index < -0.39 is 11.6 Å². The van der Waals surface area contributed by atoms with Crippen LogP contribution in [0.4, 0.5) is 8.78 Å². The van der Waals surface area contributed by atoms with Crippen LogP contribution in [0.25, 0.3) is 0 Å². The lowest BCUT2D eigenvalue weighted by molar-refractivity contribution is 0.186. The van der Waals surface area contributed by atoms with Gasteiger partial charge < -0.3 is 4.74 Å². The summed E-state index contributed by atoms with van der Waals surface area (Å²) in [6.45, 7) is 4.06. The van der Waals surface area contributed by atoms with Crippen LogP contribution < -0.4 is 4.74 Å². The highest BCUT2D eigenvalue weighted by atomic mass is 19.2. The fourth-order valence-electron chi connectivity index (χ4n) is 5.21. The Morgan fingerprint density at radius 3 is 2.45 bits per heavy atom. The molecule has 1 aromatic carbocycles. The molecular weight excluding hydrogens is 366 g/mol. The van der Waals surface area contributed by atoms with Gasteiger partial charge in [-0.15, -0.1) is 0 Å². The second-order valence-electron chi connectivity index (χ2n) is 8.90. The average molecular weight is 403 g/mol. The van der Waals surface area contributed by atoms with Crippen molar-refractivity contribution < 1.29 is 13.5 Å². The van der Waals surface area contributed by atoms with E-state index in [1.807, 2.05) is 0 Å². The summed E-state index contributed by atoms with van der Waals surface area (Å²) in [6, 6.07) is 3.17. The van der Waals surface area contributed by atoms with Gasteiger partial charge in [0.2, 0.25) is 5.82 Å². The Bertz CT molecular complexity index is 714. The molecule has 1 fully saturated rings. The van der Waals surface area contributed by atoms with Gasteiger partial charge in [-0.25, -0.2) is 4.39 Å². The highest BCUT2D eigenvalue weighted by Crippen LogP contribution is 2.41. The third kappa shape index (κ3) is 5.93. The average Bonchev–Trinajstić information content (AvgIpc) is 2.75. The Kier molecular flexibility index (Phi) is 8.32. The summed E-state index contributed by atoms with van der Waals surface area (Å²) < 4.78 is 33.6. The molecular formula is C26H36F2O. The summed E-state index contributed by atoms with van der Waals surface area (Å²) in [7, 11) is 0. The summed E-state index contributed by atoms with van der Waals surface area (Å²) in [6.07, 6.45) is 18.7. The van der Waals surface area contributed by atoms with Gasteiger partial charge in [-0.05, 0) is 81.3 Å². The van der Waals surface area contributed by atoms with Crippen molar-refractivity contribution in [3.8, 4) is 5.75 Å². The summed E-state index contributed by atoms with van der Waals surface area (Å²) in [4.78, 5) is 0. The molecule has 0 radical (unpaired) electrons. The maximum absolute atomic E-state index is 14.3. The van der Waals surface area contributed by atoms with Crippen LogP contribution in [0.5, 0.6) is 5.75 Å². The van der Waals surface area contributed by atoms with Crippen LogP contribution >= 0.6 is 0 Å². The van der Waals surface area contributed by atoms with Gasteiger partial charge in [0.05, 0.1) is 6.26 Å². The van der Waals surface area contributed by atoms with Crippen molar-refractivity contribution in [3.63, 3.8) is 0 Å². The number of halogens is 2. The molecule has 0 aliphatic heterocycles. The number of ether oxygens (including phenoxy) is 1. The molecule has 29 heavy (non-hydrogen) atoms. The lowest BCUT2D eigenvalue weighted by Gasteiger charge is -2.35. The van der Waals surface area contributed by atoms with Gasteiger partial charge in [-0.3, -0.25) is 0 Å². The fraction of sp³-hybridized carbons (Fsp3) is 0.615. The van der Waals surface area contributed by atoms with E-state index in [9.17, 15) is 8.78 Å². The van der Waals surface area contributed by atoms with Gasteiger partial charge in [-0.1, -0.05) is 56.4 Å². The van der Waals surface area contributed by atoms with Crippen LogP contribution in [0.1, 0.15) is 83.6 Å². The number of hydrogen-bond acceptors (Lipinski definition) is 1. The summed E-state index contributed by atoms with van der Waals surface area (Å²) in [5.41, 5.74) is 1.85. The molecule has 160 valence electrons. The summed E-state index contributed by atoms with van der Waals surface area (Å²) >= 11 is 0. The minimum absolute atomic E-state index is 0.0577. The highest BCUT2D eigenvalue weighted by Gasteiger charge is 2.28. The van der Waals surface area contributed by atoms with Gasteiger partial charge in [0, 0.05) is 0 Å². The topological polar surface area (TPSA) is 9.23 Å². The second-order valence-corrected chi connectivity index (χ2v) is 8.90. The quantitative estimate of drug-likeness (QED) is 0.315. The van der Waals surface area contributed by atoms with E-state index in [4.69, 9.17) is 4.74 Å². The van der Waals surface area contributed by atoms with Crippen molar-refractivity contribution in [2.24, 2.45) is 17.8 Å². The minimum Gasteiger partial charge on any atom is -0.462 e. The molecule has 3 rings (SSSR count). The molecule has 1 nitrogen and oxygen atoms in total. The maximum atomic E-state index is 14.3. The van der Waals surface area contributed by atoms with Crippen LogP contribution in [-0.4, -0.2) is 0 Å². The molecule has 0 aromatic heterocycles. The van der Waals surface area contributed by atoms with Crippen LogP contribution in [-0.2, 0) is 6.42 Å². The Morgan fingerprint density at radius 1 is 1.00 bits per heavy atom. The zero-order chi connectivity index (χ0) is 20.6. The molecule has 0 saturated heterocycles. The maximum Gasteiger partial charge on any atom is 0.201 e. The zero-order valence-electron chi connectivity index (χ0n) is 18.1. The van der Waals surface area contributed by atoms with Crippen molar-refractivity contribution in [2.75, 3.05) is 0 Å². The van der Waals surface area contributed by atoms with Crippen molar-refractivity contribution in [1.29, 1.82) is 0 Å². The second kappa shape index (κ2) is 10.9. The molecule has 0 N–H and O–H groups in total. The predicted octanol–water partition coefficient (Wildman–Crippen LogP) is 8.14. The molecule has 1 atom stereocenters. The standard InChI is InChI=1S/C26H36F2O/c1-3-5-19-6-11-21(12-7-19)22-13-8-20(9-14-22)10-15-23-16-17-24(29-18-4-2)26(28)25(23)27/h4,8,16-19,21-22H,3,5-7,9-15H2,1-2H3. The van der Waals surface area contributed by atoms with E-state index in [1.165, 1.54) is 69.3 Å². The van der Waals surface area contributed by atoms with Gasteiger partial charge in [-0.2, -0.15) is 4.39 Å². The molecule has 0 spiro atoms. The van der Waals surface area contributed by atoms with Crippen molar-refractivity contribution in [3.05, 3.63) is 53.3 Å². The number of benzene rings is 1. The van der Waals surface area contributed by atoms with Crippen molar-refractivity contribution in [2.45, 2.75) is 84.5 Å². The lowest BCUT2D eigenvalue weighted by atomic mass is 9.70. The summed E-state index contributed by atoms with van der Waals surface area (Å²) in [5, 5.41) is 0. The normalized spacial score (nSPS) is 25.2. The highest BCUT2D eigenvalue weighted by molar-refractivity contribution is 5.32. The van der Waals surface area contributed by atoms with Crippen LogP contribution in [0.2, 0.25) is 0 Å². The van der Waals surface area contributed by atoms with Gasteiger partial charge in [0.25, 0.3) is 0 Å². The van der Waals surface area contributed by atoms with Gasteiger partial charge in [0.1, 0.15) is 0 Å². The van der Waals surface area contributed by atoms with Crippen molar-refractivity contribution >= 4 is 0 Å². The fourth-order valence-corrected chi connectivity index (χ4v) is 5.21. The van der Waals surface area contributed by atoms with Gasteiger partial charge in [0.15, 0.2) is 11.6 Å². The van der Waals surface area contributed by atoms with E-state index >= 15 is 0 Å². The van der Waals surface area contributed by atoms with Crippen LogP contribution in [0, 0.1) is 29.4 Å². The van der Waals surface area contributed by atoms with Crippen LogP contribution in [0.3, 0.4) is 0 Å². The number of hydrogen-bond donors (Lipinski definition) is 0. The third-order valence-electron chi connectivity index (χ3n) is 6.97.